The van der Waals surface area contributed by atoms with Crippen LogP contribution in [0.15, 0.2) is 24.3 Å². The van der Waals surface area contributed by atoms with Gasteiger partial charge >= 0.3 is 0 Å². The Labute approximate surface area is 105 Å². The Kier molecular flexibility index (Phi) is 4.19. The molecule has 1 N–H and O–H groups in total. The molecular formula is C15H24N2. The molecule has 1 aromatic rings. The second-order valence-corrected chi connectivity index (χ2v) is 5.40. The van der Waals surface area contributed by atoms with Gasteiger partial charge in [-0.05, 0) is 45.8 Å². The number of rotatable bonds is 3. The van der Waals surface area contributed by atoms with Crippen molar-refractivity contribution in [1.29, 1.82) is 0 Å². The molecule has 0 bridgehead atoms. The molecule has 0 amide bonds. The van der Waals surface area contributed by atoms with E-state index < -0.39 is 0 Å². The smallest absolute Gasteiger partial charge is 0.0294 e. The normalized spacial score (nSPS) is 23.6. The third kappa shape index (κ3) is 3.55. The Hall–Kier alpha value is -0.860. The minimum Gasteiger partial charge on any atom is -0.306 e. The molecule has 0 aromatic heterocycles. The first-order valence-electron chi connectivity index (χ1n) is 6.66. The second-order valence-electron chi connectivity index (χ2n) is 5.40. The van der Waals surface area contributed by atoms with Crippen LogP contribution >= 0.6 is 0 Å². The fraction of sp³-hybridized carbons (Fsp3) is 0.600. The highest BCUT2D eigenvalue weighted by atomic mass is 15.1. The average molecular weight is 232 g/mol. The van der Waals surface area contributed by atoms with Crippen LogP contribution in [0, 0.1) is 6.92 Å². The van der Waals surface area contributed by atoms with Crippen LogP contribution in [0.5, 0.6) is 0 Å². The van der Waals surface area contributed by atoms with Gasteiger partial charge in [-0.15, -0.1) is 0 Å². The third-order valence-corrected chi connectivity index (χ3v) is 3.65. The maximum atomic E-state index is 3.75. The van der Waals surface area contributed by atoms with Crippen LogP contribution in [0.3, 0.4) is 0 Å². The van der Waals surface area contributed by atoms with Gasteiger partial charge in [-0.25, -0.2) is 0 Å². The Bertz CT molecular complexity index is 362. The van der Waals surface area contributed by atoms with Gasteiger partial charge in [-0.1, -0.05) is 29.8 Å². The van der Waals surface area contributed by atoms with E-state index in [1.807, 2.05) is 0 Å². The number of hydrogen-bond donors (Lipinski definition) is 1. The van der Waals surface area contributed by atoms with Crippen LogP contribution in [-0.4, -0.2) is 31.1 Å². The van der Waals surface area contributed by atoms with E-state index in [0.717, 1.165) is 0 Å². The Morgan fingerprint density at radius 1 is 1.41 bits per heavy atom. The summed E-state index contributed by atoms with van der Waals surface area (Å²) in [4.78, 5) is 2.42. The van der Waals surface area contributed by atoms with Crippen LogP contribution < -0.4 is 5.32 Å². The maximum absolute atomic E-state index is 3.75. The van der Waals surface area contributed by atoms with Gasteiger partial charge in [0.1, 0.15) is 0 Å². The summed E-state index contributed by atoms with van der Waals surface area (Å²) >= 11 is 0. The van der Waals surface area contributed by atoms with Crippen LogP contribution in [0.2, 0.25) is 0 Å². The molecule has 2 rings (SSSR count). The maximum Gasteiger partial charge on any atom is 0.0294 e. The van der Waals surface area contributed by atoms with E-state index >= 15 is 0 Å². The van der Waals surface area contributed by atoms with Crippen molar-refractivity contribution >= 4 is 0 Å². The molecule has 1 heterocycles. The van der Waals surface area contributed by atoms with Gasteiger partial charge in [-0.3, -0.25) is 0 Å². The van der Waals surface area contributed by atoms with Crippen LogP contribution in [0.25, 0.3) is 0 Å². The number of nitrogens with one attached hydrogen (secondary N) is 1. The van der Waals surface area contributed by atoms with Gasteiger partial charge in [-0.2, -0.15) is 0 Å². The fourth-order valence-electron chi connectivity index (χ4n) is 2.69. The number of likely N-dealkylation sites (tertiary alicyclic amines) is 1. The molecule has 0 aliphatic carbocycles. The minimum atomic E-state index is 0.450. The first kappa shape index (κ1) is 12.6. The van der Waals surface area contributed by atoms with Gasteiger partial charge in [0.15, 0.2) is 0 Å². The lowest BCUT2D eigenvalue weighted by Gasteiger charge is -2.32. The summed E-state index contributed by atoms with van der Waals surface area (Å²) in [5.74, 6) is 0. The van der Waals surface area contributed by atoms with Crippen molar-refractivity contribution in [1.82, 2.24) is 10.2 Å². The van der Waals surface area contributed by atoms with E-state index in [-0.39, 0.29) is 0 Å². The molecular weight excluding hydrogens is 208 g/mol. The molecule has 1 unspecified atom stereocenters. The Balaban J connectivity index is 1.94. The third-order valence-electron chi connectivity index (χ3n) is 3.65. The quantitative estimate of drug-likeness (QED) is 0.862. The van der Waals surface area contributed by atoms with Crippen LogP contribution in [0.1, 0.15) is 36.9 Å². The number of benzene rings is 1. The highest BCUT2D eigenvalue weighted by Crippen LogP contribution is 2.17. The number of piperidine rings is 1. The molecule has 1 aromatic carbocycles. The molecule has 1 fully saturated rings. The molecule has 2 nitrogen and oxygen atoms in total. The molecule has 0 spiro atoms. The lowest BCUT2D eigenvalue weighted by molar-refractivity contribution is 0.218. The van der Waals surface area contributed by atoms with E-state index in [1.54, 1.807) is 0 Å². The summed E-state index contributed by atoms with van der Waals surface area (Å²) < 4.78 is 0. The first-order chi connectivity index (χ1) is 8.15. The predicted octanol–water partition coefficient (Wildman–Crippen LogP) is 2.74. The van der Waals surface area contributed by atoms with Crippen molar-refractivity contribution < 1.29 is 0 Å². The zero-order chi connectivity index (χ0) is 12.3. The topological polar surface area (TPSA) is 15.3 Å². The Morgan fingerprint density at radius 2 is 2.24 bits per heavy atom. The lowest BCUT2D eigenvalue weighted by Crippen LogP contribution is -2.44. The van der Waals surface area contributed by atoms with Crippen molar-refractivity contribution in [2.24, 2.45) is 0 Å². The zero-order valence-electron chi connectivity index (χ0n) is 11.2. The number of nitrogens with zero attached hydrogens (tertiary/aromatic N) is 1. The number of likely N-dealkylation sites (N-methyl/N-ethyl adjacent to an activating group) is 1. The number of hydrogen-bond acceptors (Lipinski definition) is 2. The summed E-state index contributed by atoms with van der Waals surface area (Å²) in [5.41, 5.74) is 2.75. The second kappa shape index (κ2) is 5.65. The molecule has 2 heteroatoms. The molecule has 1 aliphatic heterocycles. The summed E-state index contributed by atoms with van der Waals surface area (Å²) in [5, 5.41) is 3.75. The Morgan fingerprint density at radius 3 is 2.94 bits per heavy atom. The van der Waals surface area contributed by atoms with E-state index in [9.17, 15) is 0 Å². The van der Waals surface area contributed by atoms with Gasteiger partial charge in [0, 0.05) is 18.6 Å². The summed E-state index contributed by atoms with van der Waals surface area (Å²) in [6.45, 7) is 6.85. The molecule has 17 heavy (non-hydrogen) atoms. The molecule has 0 radical (unpaired) electrons. The van der Waals surface area contributed by atoms with E-state index in [0.29, 0.717) is 12.1 Å². The van der Waals surface area contributed by atoms with Gasteiger partial charge in [0.2, 0.25) is 0 Å². The fourth-order valence-corrected chi connectivity index (χ4v) is 2.69. The lowest BCUT2D eigenvalue weighted by atomic mass is 10.0. The zero-order valence-corrected chi connectivity index (χ0v) is 11.2. The predicted molar refractivity (Wildman–Crippen MR) is 73.2 cm³/mol. The first-order valence-corrected chi connectivity index (χ1v) is 6.66. The SMILES string of the molecule is Cc1cccc([C@H](C)NC2CCCN(C)C2)c1. The van der Waals surface area contributed by atoms with E-state index in [4.69, 9.17) is 0 Å². The van der Waals surface area contributed by atoms with Crippen LogP contribution in [0.4, 0.5) is 0 Å². The largest absolute Gasteiger partial charge is 0.306 e. The monoisotopic (exact) mass is 232 g/mol. The molecule has 2 atom stereocenters. The molecule has 94 valence electrons. The van der Waals surface area contributed by atoms with Crippen molar-refractivity contribution in [3.8, 4) is 0 Å². The van der Waals surface area contributed by atoms with Crippen molar-refractivity contribution in [2.45, 2.75) is 38.8 Å². The number of aryl methyl sites for hydroxylation is 1. The average Bonchev–Trinajstić information content (AvgIpc) is 2.29. The van der Waals surface area contributed by atoms with Crippen molar-refractivity contribution in [2.75, 3.05) is 20.1 Å². The highest BCUT2D eigenvalue weighted by molar-refractivity contribution is 5.24. The molecule has 1 saturated heterocycles. The van der Waals surface area contributed by atoms with Crippen molar-refractivity contribution in [3.63, 3.8) is 0 Å². The summed E-state index contributed by atoms with van der Waals surface area (Å²) in [6.07, 6.45) is 2.62. The summed E-state index contributed by atoms with van der Waals surface area (Å²) in [7, 11) is 2.21. The van der Waals surface area contributed by atoms with E-state index in [1.165, 1.54) is 37.1 Å². The van der Waals surface area contributed by atoms with E-state index in [2.05, 4.69) is 55.4 Å². The summed E-state index contributed by atoms with van der Waals surface area (Å²) in [6, 6.07) is 9.90. The van der Waals surface area contributed by atoms with Gasteiger partial charge in [0.25, 0.3) is 0 Å². The highest BCUT2D eigenvalue weighted by Gasteiger charge is 2.18. The van der Waals surface area contributed by atoms with Crippen molar-refractivity contribution in [3.05, 3.63) is 35.4 Å². The standard InChI is InChI=1S/C15H24N2/c1-12-6-4-7-14(10-12)13(2)16-15-8-5-9-17(3)11-15/h4,6-7,10,13,15-16H,5,8-9,11H2,1-3H3/t13-,15?/m0/s1. The van der Waals surface area contributed by atoms with Crippen LogP contribution in [-0.2, 0) is 0 Å². The molecule has 0 saturated carbocycles. The molecule has 1 aliphatic rings. The van der Waals surface area contributed by atoms with Gasteiger partial charge in [0.05, 0.1) is 0 Å². The minimum absolute atomic E-state index is 0.450. The van der Waals surface area contributed by atoms with Gasteiger partial charge < -0.3 is 10.2 Å².